The second-order valence-electron chi connectivity index (χ2n) is 5.87. The first-order valence-electron chi connectivity index (χ1n) is 7.38. The zero-order valence-electron chi connectivity index (χ0n) is 12.1. The second-order valence-corrected chi connectivity index (χ2v) is 5.87. The third-order valence-corrected chi connectivity index (χ3v) is 4.47. The summed E-state index contributed by atoms with van der Waals surface area (Å²) >= 11 is 0. The summed E-state index contributed by atoms with van der Waals surface area (Å²) in [4.78, 5) is 5.22. The molecule has 2 fully saturated rings. The molecule has 2 aliphatic heterocycles. The lowest BCUT2D eigenvalue weighted by Gasteiger charge is -2.37. The summed E-state index contributed by atoms with van der Waals surface area (Å²) in [5, 5.41) is 7.89. The van der Waals surface area contributed by atoms with Gasteiger partial charge in [0.15, 0.2) is 0 Å². The van der Waals surface area contributed by atoms with Crippen LogP contribution >= 0.6 is 0 Å². The monoisotopic (exact) mass is 263 g/mol. The van der Waals surface area contributed by atoms with E-state index in [-0.39, 0.29) is 0 Å². The quantitative estimate of drug-likeness (QED) is 0.846. The van der Waals surface area contributed by atoms with E-state index in [9.17, 15) is 0 Å². The number of hydrogen-bond donors (Lipinski definition) is 1. The van der Waals surface area contributed by atoms with Gasteiger partial charge in [0, 0.05) is 64.1 Å². The van der Waals surface area contributed by atoms with Crippen molar-refractivity contribution < 1.29 is 0 Å². The minimum atomic E-state index is 0.780. The van der Waals surface area contributed by atoms with Crippen LogP contribution in [0.4, 0.5) is 0 Å². The van der Waals surface area contributed by atoms with Crippen molar-refractivity contribution in [2.75, 3.05) is 39.3 Å². The maximum Gasteiger partial charge on any atom is 0.0638 e. The molecule has 1 N–H and O–H groups in total. The topological polar surface area (TPSA) is 36.3 Å². The summed E-state index contributed by atoms with van der Waals surface area (Å²) in [5.74, 6) is 0. The Morgan fingerprint density at radius 3 is 2.68 bits per heavy atom. The SMILES string of the molecule is Cc1nn(C)cc1CN1CCN(C2CCNC2)CC1. The summed E-state index contributed by atoms with van der Waals surface area (Å²) in [5.41, 5.74) is 2.54. The van der Waals surface area contributed by atoms with Gasteiger partial charge in [-0.1, -0.05) is 0 Å². The average Bonchev–Trinajstić information content (AvgIpc) is 3.01. The molecule has 2 aliphatic rings. The smallest absolute Gasteiger partial charge is 0.0638 e. The van der Waals surface area contributed by atoms with E-state index < -0.39 is 0 Å². The van der Waals surface area contributed by atoms with Gasteiger partial charge in [-0.2, -0.15) is 5.10 Å². The Balaban J connectivity index is 1.51. The number of rotatable bonds is 3. The fourth-order valence-electron chi connectivity index (χ4n) is 3.28. The molecule has 1 aromatic heterocycles. The molecule has 1 atom stereocenters. The zero-order valence-corrected chi connectivity index (χ0v) is 12.1. The summed E-state index contributed by atoms with van der Waals surface area (Å²) in [6.45, 7) is 10.3. The Morgan fingerprint density at radius 2 is 2.11 bits per heavy atom. The second kappa shape index (κ2) is 5.61. The van der Waals surface area contributed by atoms with Crippen molar-refractivity contribution in [1.82, 2.24) is 24.9 Å². The van der Waals surface area contributed by atoms with Crippen molar-refractivity contribution in [1.29, 1.82) is 0 Å². The number of nitrogens with zero attached hydrogens (tertiary/aromatic N) is 4. The van der Waals surface area contributed by atoms with Crippen molar-refractivity contribution in [2.24, 2.45) is 7.05 Å². The van der Waals surface area contributed by atoms with Crippen LogP contribution in [-0.2, 0) is 13.6 Å². The highest BCUT2D eigenvalue weighted by molar-refractivity contribution is 5.15. The van der Waals surface area contributed by atoms with Crippen LogP contribution in [0.1, 0.15) is 17.7 Å². The zero-order chi connectivity index (χ0) is 13.2. The molecule has 2 saturated heterocycles. The van der Waals surface area contributed by atoms with Crippen LogP contribution in [0.5, 0.6) is 0 Å². The number of hydrogen-bond acceptors (Lipinski definition) is 4. The van der Waals surface area contributed by atoms with Gasteiger partial charge in [0.2, 0.25) is 0 Å². The van der Waals surface area contributed by atoms with Gasteiger partial charge in [-0.3, -0.25) is 14.5 Å². The van der Waals surface area contributed by atoms with E-state index in [0.717, 1.165) is 12.6 Å². The first-order chi connectivity index (χ1) is 9.22. The summed E-state index contributed by atoms with van der Waals surface area (Å²) in [7, 11) is 2.00. The molecule has 0 radical (unpaired) electrons. The Hall–Kier alpha value is -0.910. The van der Waals surface area contributed by atoms with Gasteiger partial charge in [0.1, 0.15) is 0 Å². The predicted octanol–water partition coefficient (Wildman–Crippen LogP) is 0.208. The van der Waals surface area contributed by atoms with Crippen LogP contribution in [0.3, 0.4) is 0 Å². The highest BCUT2D eigenvalue weighted by Gasteiger charge is 2.26. The van der Waals surface area contributed by atoms with Crippen molar-refractivity contribution in [3.8, 4) is 0 Å². The molecular weight excluding hydrogens is 238 g/mol. The molecule has 5 nitrogen and oxygen atoms in total. The Bertz CT molecular complexity index is 413. The van der Waals surface area contributed by atoms with Crippen molar-refractivity contribution >= 4 is 0 Å². The lowest BCUT2D eigenvalue weighted by Crippen LogP contribution is -2.50. The minimum Gasteiger partial charge on any atom is -0.315 e. The fraction of sp³-hybridized carbons (Fsp3) is 0.786. The maximum absolute atomic E-state index is 4.43. The molecule has 0 saturated carbocycles. The largest absolute Gasteiger partial charge is 0.315 e. The molecule has 19 heavy (non-hydrogen) atoms. The normalized spacial score (nSPS) is 26.1. The fourth-order valence-corrected chi connectivity index (χ4v) is 3.28. The lowest BCUT2D eigenvalue weighted by atomic mass is 10.1. The Labute approximate surface area is 115 Å². The van der Waals surface area contributed by atoms with Gasteiger partial charge in [0.25, 0.3) is 0 Å². The first kappa shape index (κ1) is 13.1. The summed E-state index contributed by atoms with van der Waals surface area (Å²) in [6, 6.07) is 0.780. The number of nitrogens with one attached hydrogen (secondary N) is 1. The molecule has 0 amide bonds. The molecule has 1 aromatic rings. The lowest BCUT2D eigenvalue weighted by molar-refractivity contribution is 0.0980. The van der Waals surface area contributed by atoms with E-state index in [1.807, 2.05) is 11.7 Å². The minimum absolute atomic E-state index is 0.780. The van der Waals surface area contributed by atoms with Crippen LogP contribution < -0.4 is 5.32 Å². The van der Waals surface area contributed by atoms with Crippen LogP contribution in [0.2, 0.25) is 0 Å². The van der Waals surface area contributed by atoms with Gasteiger partial charge in [-0.15, -0.1) is 0 Å². The van der Waals surface area contributed by atoms with Crippen molar-refractivity contribution in [3.05, 3.63) is 17.5 Å². The van der Waals surface area contributed by atoms with Crippen LogP contribution in [0.25, 0.3) is 0 Å². The molecule has 3 heterocycles. The molecule has 5 heteroatoms. The Kier molecular flexibility index (Phi) is 3.86. The Morgan fingerprint density at radius 1 is 1.32 bits per heavy atom. The average molecular weight is 263 g/mol. The van der Waals surface area contributed by atoms with Gasteiger partial charge >= 0.3 is 0 Å². The van der Waals surface area contributed by atoms with Gasteiger partial charge in [0.05, 0.1) is 5.69 Å². The highest BCUT2D eigenvalue weighted by Crippen LogP contribution is 2.15. The third-order valence-electron chi connectivity index (χ3n) is 4.47. The third kappa shape index (κ3) is 2.99. The summed E-state index contributed by atoms with van der Waals surface area (Å²) in [6.07, 6.45) is 3.48. The van der Waals surface area contributed by atoms with E-state index in [1.165, 1.54) is 56.9 Å². The highest BCUT2D eigenvalue weighted by atomic mass is 15.3. The van der Waals surface area contributed by atoms with Crippen molar-refractivity contribution in [3.63, 3.8) is 0 Å². The van der Waals surface area contributed by atoms with Crippen LogP contribution in [0.15, 0.2) is 6.20 Å². The molecule has 106 valence electrons. The van der Waals surface area contributed by atoms with Gasteiger partial charge in [-0.25, -0.2) is 0 Å². The first-order valence-corrected chi connectivity index (χ1v) is 7.38. The molecular formula is C14H25N5. The van der Waals surface area contributed by atoms with E-state index in [0.29, 0.717) is 0 Å². The molecule has 0 aromatic carbocycles. The number of piperazine rings is 1. The van der Waals surface area contributed by atoms with E-state index in [2.05, 4.69) is 33.3 Å². The number of aryl methyl sites for hydroxylation is 2. The molecule has 1 unspecified atom stereocenters. The molecule has 0 spiro atoms. The molecule has 0 aliphatic carbocycles. The molecule has 3 rings (SSSR count). The summed E-state index contributed by atoms with van der Waals surface area (Å²) < 4.78 is 1.92. The van der Waals surface area contributed by atoms with E-state index >= 15 is 0 Å². The maximum atomic E-state index is 4.43. The number of aromatic nitrogens is 2. The standard InChI is InChI=1S/C14H25N5/c1-12-13(10-17(2)16-12)11-18-5-7-19(8-6-18)14-3-4-15-9-14/h10,14-15H,3-9,11H2,1-2H3. The van der Waals surface area contributed by atoms with Gasteiger partial charge in [-0.05, 0) is 19.9 Å². The van der Waals surface area contributed by atoms with Crippen LogP contribution in [0, 0.1) is 6.92 Å². The van der Waals surface area contributed by atoms with Crippen molar-refractivity contribution in [2.45, 2.75) is 25.9 Å². The van der Waals surface area contributed by atoms with Gasteiger partial charge < -0.3 is 5.32 Å². The van der Waals surface area contributed by atoms with E-state index in [1.54, 1.807) is 0 Å². The van der Waals surface area contributed by atoms with E-state index in [4.69, 9.17) is 0 Å². The molecule has 0 bridgehead atoms. The van der Waals surface area contributed by atoms with Crippen LogP contribution in [-0.4, -0.2) is 64.9 Å². The predicted molar refractivity (Wildman–Crippen MR) is 76.1 cm³/mol.